The summed E-state index contributed by atoms with van der Waals surface area (Å²) in [6.07, 6.45) is 3.38. The van der Waals surface area contributed by atoms with E-state index < -0.39 is 10.1 Å². The van der Waals surface area contributed by atoms with Crippen molar-refractivity contribution in [3.63, 3.8) is 0 Å². The first-order valence-corrected chi connectivity index (χ1v) is 13.3. The van der Waals surface area contributed by atoms with Gasteiger partial charge in [-0.3, -0.25) is 0 Å². The van der Waals surface area contributed by atoms with E-state index in [1.807, 2.05) is 12.1 Å². The lowest BCUT2D eigenvalue weighted by Crippen LogP contribution is -2.33. The van der Waals surface area contributed by atoms with Crippen molar-refractivity contribution in [2.24, 2.45) is 11.3 Å². The van der Waals surface area contributed by atoms with E-state index in [-0.39, 0.29) is 22.9 Å². The minimum absolute atomic E-state index is 0.139. The molecule has 0 amide bonds. The lowest BCUT2D eigenvalue weighted by molar-refractivity contribution is 0.0182. The van der Waals surface area contributed by atoms with Crippen LogP contribution in [0.5, 0.6) is 5.75 Å². The molecule has 1 N–H and O–H groups in total. The van der Waals surface area contributed by atoms with Crippen LogP contribution in [0.3, 0.4) is 0 Å². The van der Waals surface area contributed by atoms with E-state index in [4.69, 9.17) is 4.18 Å². The van der Waals surface area contributed by atoms with Gasteiger partial charge in [-0.05, 0) is 71.9 Å². The fourth-order valence-corrected chi connectivity index (χ4v) is 5.23. The molecule has 2 unspecified atom stereocenters. The lowest BCUT2D eigenvalue weighted by atomic mass is 9.70. The topological polar surface area (TPSA) is 63.6 Å². The van der Waals surface area contributed by atoms with Gasteiger partial charge in [-0.1, -0.05) is 71.9 Å². The molecule has 0 saturated carbocycles. The Bertz CT molecular complexity index is 997. The Balaban J connectivity index is 2.37. The van der Waals surface area contributed by atoms with Gasteiger partial charge < -0.3 is 9.29 Å². The third-order valence-corrected chi connectivity index (χ3v) is 7.22. The van der Waals surface area contributed by atoms with E-state index in [1.165, 1.54) is 16.7 Å². The summed E-state index contributed by atoms with van der Waals surface area (Å²) in [6, 6.07) is 14.1. The molecule has 0 radical (unpaired) electrons. The molecule has 5 heteroatoms. The Kier molecular flexibility index (Phi) is 8.22. The summed E-state index contributed by atoms with van der Waals surface area (Å²) in [4.78, 5) is 0. The molecule has 178 valence electrons. The van der Waals surface area contributed by atoms with Crippen LogP contribution in [0.4, 0.5) is 0 Å². The van der Waals surface area contributed by atoms with Crippen molar-refractivity contribution < 1.29 is 17.7 Å². The van der Waals surface area contributed by atoms with E-state index in [0.29, 0.717) is 5.75 Å². The molecule has 0 aliphatic rings. The maximum atomic E-state index is 11.4. The Morgan fingerprint density at radius 1 is 0.969 bits per heavy atom. The van der Waals surface area contributed by atoms with Gasteiger partial charge in [-0.25, -0.2) is 0 Å². The quantitative estimate of drug-likeness (QED) is 0.464. The van der Waals surface area contributed by atoms with Gasteiger partial charge in [0.2, 0.25) is 0 Å². The predicted octanol–water partition coefficient (Wildman–Crippen LogP) is 6.03. The minimum atomic E-state index is -3.54. The van der Waals surface area contributed by atoms with Crippen molar-refractivity contribution in [3.8, 4) is 5.75 Å². The molecule has 0 heterocycles. The molecule has 0 spiro atoms. The van der Waals surface area contributed by atoms with E-state index in [1.54, 1.807) is 12.1 Å². The van der Waals surface area contributed by atoms with Gasteiger partial charge in [0, 0.05) is 5.41 Å². The van der Waals surface area contributed by atoms with Crippen molar-refractivity contribution >= 4 is 10.1 Å². The molecule has 4 nitrogen and oxygen atoms in total. The predicted molar refractivity (Wildman–Crippen MR) is 133 cm³/mol. The van der Waals surface area contributed by atoms with Gasteiger partial charge in [0.15, 0.2) is 0 Å². The first-order chi connectivity index (χ1) is 14.7. The summed E-state index contributed by atoms with van der Waals surface area (Å²) < 4.78 is 27.9. The Morgan fingerprint density at radius 3 is 1.94 bits per heavy atom. The zero-order valence-corrected chi connectivity index (χ0v) is 21.7. The zero-order chi connectivity index (χ0) is 24.3. The average molecular weight is 461 g/mol. The third kappa shape index (κ3) is 6.14. The largest absolute Gasteiger partial charge is 0.392 e. The van der Waals surface area contributed by atoms with Gasteiger partial charge in [0.1, 0.15) is 5.75 Å². The lowest BCUT2D eigenvalue weighted by Gasteiger charge is -2.34. The van der Waals surface area contributed by atoms with Crippen LogP contribution in [-0.2, 0) is 22.0 Å². The number of aliphatic hydroxyl groups is 1. The number of hydrogen-bond acceptors (Lipinski definition) is 4. The van der Waals surface area contributed by atoms with E-state index in [2.05, 4.69) is 66.7 Å². The van der Waals surface area contributed by atoms with Gasteiger partial charge in [-0.2, -0.15) is 8.42 Å². The second-order valence-electron chi connectivity index (χ2n) is 10.2. The highest BCUT2D eigenvalue weighted by Crippen LogP contribution is 2.40. The third-order valence-electron chi connectivity index (χ3n) is 6.72. The van der Waals surface area contributed by atoms with Gasteiger partial charge >= 0.3 is 10.1 Å². The fraction of sp³-hybridized carbons (Fsp3) is 0.556. The Labute approximate surface area is 195 Å². The number of rotatable bonds is 9. The maximum Gasteiger partial charge on any atom is 0.306 e. The summed E-state index contributed by atoms with van der Waals surface area (Å²) >= 11 is 0. The van der Waals surface area contributed by atoms with Crippen LogP contribution in [0.15, 0.2) is 42.5 Å². The summed E-state index contributed by atoms with van der Waals surface area (Å²) in [5.41, 5.74) is 4.60. The second kappa shape index (κ2) is 9.96. The average Bonchev–Trinajstić information content (AvgIpc) is 2.69. The van der Waals surface area contributed by atoms with Crippen LogP contribution in [0.2, 0.25) is 0 Å². The normalized spacial score (nSPS) is 14.8. The number of hydrogen-bond donors (Lipinski definition) is 1. The molecule has 2 rings (SSSR count). The monoisotopic (exact) mass is 460 g/mol. The molecular formula is C27H40O4S. The number of benzene rings is 2. The van der Waals surface area contributed by atoms with E-state index >= 15 is 0 Å². The van der Waals surface area contributed by atoms with Crippen molar-refractivity contribution in [3.05, 3.63) is 64.7 Å². The number of aliphatic hydroxyl groups excluding tert-OH is 1. The standard InChI is InChI=1S/C27H40O4S/c1-9-27(10-2,22-13-15-24(16-14-22)31-32(8,29)30)23-12-11-21(19(3)18-23)17-20(4)25(28)26(5,6)7/h11-16,18,20,25,28H,9-10,17H2,1-8H3. The van der Waals surface area contributed by atoms with Crippen LogP contribution < -0.4 is 4.18 Å². The van der Waals surface area contributed by atoms with Crippen LogP contribution in [-0.4, -0.2) is 25.9 Å². The molecular weight excluding hydrogens is 420 g/mol. The molecule has 32 heavy (non-hydrogen) atoms. The molecule has 0 aliphatic carbocycles. The first-order valence-electron chi connectivity index (χ1n) is 11.5. The van der Waals surface area contributed by atoms with E-state index in [0.717, 1.165) is 31.1 Å². The maximum absolute atomic E-state index is 11.4. The van der Waals surface area contributed by atoms with Gasteiger partial charge in [0.25, 0.3) is 0 Å². The molecule has 0 aromatic heterocycles. The molecule has 2 aromatic carbocycles. The summed E-state index contributed by atoms with van der Waals surface area (Å²) in [6.45, 7) is 14.9. The molecule has 2 aromatic rings. The highest BCUT2D eigenvalue weighted by Gasteiger charge is 2.32. The molecule has 2 atom stereocenters. The van der Waals surface area contributed by atoms with Crippen molar-refractivity contribution in [2.75, 3.05) is 6.26 Å². The molecule has 0 saturated heterocycles. The van der Waals surface area contributed by atoms with Crippen molar-refractivity contribution in [1.29, 1.82) is 0 Å². The highest BCUT2D eigenvalue weighted by atomic mass is 32.2. The fourth-order valence-electron chi connectivity index (χ4n) is 4.77. The molecule has 0 aliphatic heterocycles. The summed E-state index contributed by atoms with van der Waals surface area (Å²) in [5, 5.41) is 10.7. The molecule has 0 bridgehead atoms. The van der Waals surface area contributed by atoms with E-state index in [9.17, 15) is 13.5 Å². The van der Waals surface area contributed by atoms with Crippen molar-refractivity contribution in [1.82, 2.24) is 0 Å². The van der Waals surface area contributed by atoms with Crippen LogP contribution >= 0.6 is 0 Å². The van der Waals surface area contributed by atoms with Crippen LogP contribution in [0, 0.1) is 18.3 Å². The minimum Gasteiger partial charge on any atom is -0.392 e. The van der Waals surface area contributed by atoms with Gasteiger partial charge in [0.05, 0.1) is 12.4 Å². The molecule has 0 fully saturated rings. The van der Waals surface area contributed by atoms with Crippen LogP contribution in [0.25, 0.3) is 0 Å². The SMILES string of the molecule is CCC(CC)(c1ccc(OS(C)(=O)=O)cc1)c1ccc(CC(C)C(O)C(C)(C)C)c(C)c1. The van der Waals surface area contributed by atoms with Crippen molar-refractivity contribution in [2.45, 2.75) is 79.2 Å². The highest BCUT2D eigenvalue weighted by molar-refractivity contribution is 7.86. The second-order valence-corrected chi connectivity index (χ2v) is 11.8. The Hall–Kier alpha value is -1.85. The zero-order valence-electron chi connectivity index (χ0n) is 20.9. The summed E-state index contributed by atoms with van der Waals surface area (Å²) in [5.74, 6) is 0.499. The smallest absolute Gasteiger partial charge is 0.306 e. The van der Waals surface area contributed by atoms with Gasteiger partial charge in [-0.15, -0.1) is 0 Å². The summed E-state index contributed by atoms with van der Waals surface area (Å²) in [7, 11) is -3.54. The van der Waals surface area contributed by atoms with Crippen LogP contribution in [0.1, 0.15) is 76.6 Å². The first kappa shape index (κ1) is 26.4. The Morgan fingerprint density at radius 2 is 1.50 bits per heavy atom. The number of aryl methyl sites for hydroxylation is 1.